The summed E-state index contributed by atoms with van der Waals surface area (Å²) in [5, 5.41) is 0. The van der Waals surface area contributed by atoms with Gasteiger partial charge in [-0.3, -0.25) is 0 Å². The molecule has 0 fully saturated rings. The second-order valence-electron chi connectivity index (χ2n) is 4.40. The Morgan fingerprint density at radius 1 is 1.20 bits per heavy atom. The fourth-order valence-electron chi connectivity index (χ4n) is 2.01. The number of halogens is 1. The molecule has 0 saturated carbocycles. The Balaban J connectivity index is 1.78. The van der Waals surface area contributed by atoms with Crippen LogP contribution in [-0.4, -0.2) is 14.5 Å². The first kappa shape index (κ1) is 13.1. The minimum Gasteiger partial charge on any atom is -0.384 e. The van der Waals surface area contributed by atoms with Gasteiger partial charge in [0.2, 0.25) is 0 Å². The molecule has 0 aliphatic heterocycles. The third kappa shape index (κ3) is 2.84. The van der Waals surface area contributed by atoms with Crippen molar-refractivity contribution in [2.24, 2.45) is 0 Å². The lowest BCUT2D eigenvalue weighted by Gasteiger charge is -2.07. The number of hydrogen-bond donors (Lipinski definition) is 1. The van der Waals surface area contributed by atoms with E-state index < -0.39 is 0 Å². The van der Waals surface area contributed by atoms with E-state index in [1.54, 1.807) is 23.6 Å². The van der Waals surface area contributed by atoms with E-state index in [0.29, 0.717) is 5.82 Å². The molecule has 0 bridgehead atoms. The van der Waals surface area contributed by atoms with Gasteiger partial charge in [-0.2, -0.15) is 0 Å². The molecule has 20 heavy (non-hydrogen) atoms. The summed E-state index contributed by atoms with van der Waals surface area (Å²) in [4.78, 5) is 9.61. The van der Waals surface area contributed by atoms with Crippen LogP contribution in [0.1, 0.15) is 4.88 Å². The normalized spacial score (nSPS) is 10.8. The topological polar surface area (TPSA) is 56.7 Å². The molecule has 102 valence electrons. The first-order valence-electron chi connectivity index (χ1n) is 6.18. The Morgan fingerprint density at radius 2 is 2.10 bits per heavy atom. The fourth-order valence-corrected chi connectivity index (χ4v) is 3.09. The van der Waals surface area contributed by atoms with Crippen LogP contribution in [-0.2, 0) is 13.0 Å². The van der Waals surface area contributed by atoms with Crippen molar-refractivity contribution >= 4 is 28.8 Å². The van der Waals surface area contributed by atoms with Crippen molar-refractivity contribution in [2.75, 3.05) is 5.73 Å². The highest BCUT2D eigenvalue weighted by Gasteiger charge is 2.06. The maximum Gasteiger partial charge on any atom is 0.123 e. The van der Waals surface area contributed by atoms with E-state index in [4.69, 9.17) is 17.3 Å². The number of rotatable bonds is 4. The molecule has 0 aliphatic rings. The first-order chi connectivity index (χ1) is 9.72. The maximum atomic E-state index is 5.94. The zero-order chi connectivity index (χ0) is 13.9. The fraction of sp³-hybridized carbons (Fsp3) is 0.143. The van der Waals surface area contributed by atoms with Gasteiger partial charge < -0.3 is 10.3 Å². The second-order valence-corrected chi connectivity index (χ2v) is 6.20. The molecule has 2 N–H and O–H groups in total. The van der Waals surface area contributed by atoms with Crippen LogP contribution in [0.4, 0.5) is 5.82 Å². The molecule has 3 rings (SSSR count). The van der Waals surface area contributed by atoms with Crippen LogP contribution in [0.3, 0.4) is 0 Å². The van der Waals surface area contributed by atoms with Crippen molar-refractivity contribution in [3.8, 4) is 11.3 Å². The number of pyridine rings is 1. The molecular formula is C14H13ClN4S. The van der Waals surface area contributed by atoms with E-state index in [2.05, 4.69) is 20.6 Å². The largest absolute Gasteiger partial charge is 0.384 e. The lowest BCUT2D eigenvalue weighted by molar-refractivity contribution is 0.707. The van der Waals surface area contributed by atoms with Gasteiger partial charge in [0, 0.05) is 23.2 Å². The molecule has 4 nitrogen and oxygen atoms in total. The van der Waals surface area contributed by atoms with Crippen molar-refractivity contribution in [2.45, 2.75) is 13.0 Å². The van der Waals surface area contributed by atoms with Crippen molar-refractivity contribution in [1.82, 2.24) is 14.5 Å². The number of nitrogens with zero attached hydrogens (tertiary/aromatic N) is 3. The number of thiophene rings is 1. The zero-order valence-electron chi connectivity index (χ0n) is 10.7. The van der Waals surface area contributed by atoms with Gasteiger partial charge in [-0.15, -0.1) is 11.3 Å². The number of aryl methyl sites for hydroxylation is 2. The third-order valence-electron chi connectivity index (χ3n) is 3.02. The van der Waals surface area contributed by atoms with Gasteiger partial charge in [-0.05, 0) is 30.7 Å². The van der Waals surface area contributed by atoms with E-state index >= 15 is 0 Å². The minimum atomic E-state index is 0.521. The quantitative estimate of drug-likeness (QED) is 0.803. The Kier molecular flexibility index (Phi) is 3.71. The summed E-state index contributed by atoms with van der Waals surface area (Å²) in [5.74, 6) is 0.521. The summed E-state index contributed by atoms with van der Waals surface area (Å²) >= 11 is 7.56. The van der Waals surface area contributed by atoms with Gasteiger partial charge in [-0.25, -0.2) is 9.97 Å². The molecule has 0 aliphatic carbocycles. The summed E-state index contributed by atoms with van der Waals surface area (Å²) in [6.07, 6.45) is 6.38. The third-order valence-corrected chi connectivity index (χ3v) is 4.31. The average Bonchev–Trinajstić information content (AvgIpc) is 3.06. The van der Waals surface area contributed by atoms with E-state index in [1.807, 2.05) is 24.7 Å². The van der Waals surface area contributed by atoms with Gasteiger partial charge in [-0.1, -0.05) is 11.6 Å². The van der Waals surface area contributed by atoms with Crippen LogP contribution in [0.15, 0.2) is 43.0 Å². The van der Waals surface area contributed by atoms with E-state index in [1.165, 1.54) is 4.88 Å². The second kappa shape index (κ2) is 5.64. The molecule has 0 radical (unpaired) electrons. The molecule has 0 spiro atoms. The highest BCUT2D eigenvalue weighted by Crippen LogP contribution is 2.23. The summed E-state index contributed by atoms with van der Waals surface area (Å²) in [6, 6.07) is 7.75. The predicted molar refractivity (Wildman–Crippen MR) is 82.9 cm³/mol. The van der Waals surface area contributed by atoms with Crippen molar-refractivity contribution in [1.29, 1.82) is 0 Å². The highest BCUT2D eigenvalue weighted by atomic mass is 35.5. The van der Waals surface area contributed by atoms with Crippen LogP contribution in [0.5, 0.6) is 0 Å². The molecule has 3 aromatic rings. The number of hydrogen-bond acceptors (Lipinski definition) is 4. The monoisotopic (exact) mass is 304 g/mol. The molecular weight excluding hydrogens is 292 g/mol. The Bertz CT molecular complexity index is 702. The SMILES string of the molecule is Nc1ccc(-c2cncn2CCc2ccc(Cl)s2)cn1. The zero-order valence-corrected chi connectivity index (χ0v) is 12.2. The number of aromatic nitrogens is 3. The number of anilines is 1. The van der Waals surface area contributed by atoms with Crippen LogP contribution in [0, 0.1) is 0 Å². The van der Waals surface area contributed by atoms with Gasteiger partial charge >= 0.3 is 0 Å². The van der Waals surface area contributed by atoms with Gasteiger partial charge in [0.15, 0.2) is 0 Å². The Morgan fingerprint density at radius 3 is 2.80 bits per heavy atom. The summed E-state index contributed by atoms with van der Waals surface area (Å²) < 4.78 is 2.94. The summed E-state index contributed by atoms with van der Waals surface area (Å²) in [6.45, 7) is 0.858. The number of nitrogen functional groups attached to an aromatic ring is 1. The smallest absolute Gasteiger partial charge is 0.123 e. The molecule has 3 aromatic heterocycles. The number of nitrogens with two attached hydrogens (primary N) is 1. The lowest BCUT2D eigenvalue weighted by atomic mass is 10.2. The van der Waals surface area contributed by atoms with Crippen LogP contribution < -0.4 is 5.73 Å². The van der Waals surface area contributed by atoms with Gasteiger partial charge in [0.1, 0.15) is 5.82 Å². The van der Waals surface area contributed by atoms with E-state index in [-0.39, 0.29) is 0 Å². The molecule has 0 amide bonds. The highest BCUT2D eigenvalue weighted by molar-refractivity contribution is 7.16. The summed E-state index contributed by atoms with van der Waals surface area (Å²) in [5.41, 5.74) is 7.67. The minimum absolute atomic E-state index is 0.521. The molecule has 0 aromatic carbocycles. The van der Waals surface area contributed by atoms with Crippen molar-refractivity contribution < 1.29 is 0 Å². The van der Waals surface area contributed by atoms with Crippen molar-refractivity contribution in [3.05, 3.63) is 52.2 Å². The van der Waals surface area contributed by atoms with Crippen LogP contribution in [0.25, 0.3) is 11.3 Å². The Labute approximate surface area is 125 Å². The molecule has 6 heteroatoms. The molecule has 3 heterocycles. The molecule has 0 unspecified atom stereocenters. The summed E-state index contributed by atoms with van der Waals surface area (Å²) in [7, 11) is 0. The van der Waals surface area contributed by atoms with Crippen LogP contribution in [0.2, 0.25) is 4.34 Å². The Hall–Kier alpha value is -1.85. The predicted octanol–water partition coefficient (Wildman–Crippen LogP) is 3.48. The van der Waals surface area contributed by atoms with E-state index in [0.717, 1.165) is 28.6 Å². The van der Waals surface area contributed by atoms with Crippen LogP contribution >= 0.6 is 22.9 Å². The maximum absolute atomic E-state index is 5.94. The standard InChI is InChI=1S/C14H13ClN4S/c15-13-3-2-11(20-13)5-6-19-9-17-8-12(19)10-1-4-14(16)18-7-10/h1-4,7-9H,5-6H2,(H2,16,18). The molecule has 0 atom stereocenters. The van der Waals surface area contributed by atoms with Gasteiger partial charge in [0.05, 0.1) is 22.6 Å². The van der Waals surface area contributed by atoms with Gasteiger partial charge in [0.25, 0.3) is 0 Å². The average molecular weight is 305 g/mol. The first-order valence-corrected chi connectivity index (χ1v) is 7.38. The number of imidazole rings is 1. The van der Waals surface area contributed by atoms with Crippen molar-refractivity contribution in [3.63, 3.8) is 0 Å². The molecule has 0 saturated heterocycles. The van der Waals surface area contributed by atoms with E-state index in [9.17, 15) is 0 Å². The lowest BCUT2D eigenvalue weighted by Crippen LogP contribution is -2.01.